The molecule has 1 atom stereocenters. The molecule has 3 N–H and O–H groups in total. The summed E-state index contributed by atoms with van der Waals surface area (Å²) in [5.41, 5.74) is 0.282. The van der Waals surface area contributed by atoms with E-state index in [0.717, 1.165) is 12.1 Å². The second-order valence-electron chi connectivity index (χ2n) is 5.89. The van der Waals surface area contributed by atoms with Crippen molar-refractivity contribution in [2.45, 2.75) is 13.0 Å². The summed E-state index contributed by atoms with van der Waals surface area (Å²) in [6, 6.07) is 8.00. The van der Waals surface area contributed by atoms with Gasteiger partial charge in [-0.1, -0.05) is 6.07 Å². The number of carbonyl (C=O) groups excluding carboxylic acids is 2. The van der Waals surface area contributed by atoms with Gasteiger partial charge in [0.05, 0.1) is 24.3 Å². The standard InChI is InChI=1S/C19H17F2N3O3/c1-10-15(18(25)23-11-6-8-12(27-2)9-7-11)17(24-19(26)22-10)16-13(20)4-3-5-14(16)21/h3-9,17H,1-2H3,(H,23,25)(H2,22,24,26)/t17-/m0/s1. The SMILES string of the molecule is COc1ccc(NC(=O)C2=C(C)NC(=O)N[C@@H]2c2c(F)cccc2F)cc1. The number of allylic oxidation sites excluding steroid dienone is 1. The summed E-state index contributed by atoms with van der Waals surface area (Å²) < 4.78 is 33.6. The van der Waals surface area contributed by atoms with Crippen LogP contribution >= 0.6 is 0 Å². The lowest BCUT2D eigenvalue weighted by Crippen LogP contribution is -2.46. The smallest absolute Gasteiger partial charge is 0.319 e. The van der Waals surface area contributed by atoms with E-state index >= 15 is 0 Å². The van der Waals surface area contributed by atoms with E-state index in [1.165, 1.54) is 20.1 Å². The predicted octanol–water partition coefficient (Wildman–Crippen LogP) is 3.24. The highest BCUT2D eigenvalue weighted by atomic mass is 19.1. The van der Waals surface area contributed by atoms with Gasteiger partial charge in [0.1, 0.15) is 17.4 Å². The van der Waals surface area contributed by atoms with Crippen LogP contribution in [0.3, 0.4) is 0 Å². The van der Waals surface area contributed by atoms with Crippen LogP contribution in [0.15, 0.2) is 53.7 Å². The maximum absolute atomic E-state index is 14.3. The zero-order chi connectivity index (χ0) is 19.6. The van der Waals surface area contributed by atoms with Crippen LogP contribution in [0, 0.1) is 11.6 Å². The molecule has 0 radical (unpaired) electrons. The first-order valence-electron chi connectivity index (χ1n) is 8.08. The van der Waals surface area contributed by atoms with E-state index in [1.54, 1.807) is 24.3 Å². The summed E-state index contributed by atoms with van der Waals surface area (Å²) in [4.78, 5) is 24.6. The van der Waals surface area contributed by atoms with Crippen molar-refractivity contribution in [1.82, 2.24) is 10.6 Å². The molecule has 0 bridgehead atoms. The van der Waals surface area contributed by atoms with Crippen molar-refractivity contribution in [2.24, 2.45) is 0 Å². The Bertz CT molecular complexity index is 906. The number of hydrogen-bond acceptors (Lipinski definition) is 3. The Morgan fingerprint density at radius 1 is 1.11 bits per heavy atom. The maximum atomic E-state index is 14.3. The summed E-state index contributed by atoms with van der Waals surface area (Å²) in [6.45, 7) is 1.49. The van der Waals surface area contributed by atoms with Crippen molar-refractivity contribution in [2.75, 3.05) is 12.4 Å². The quantitative estimate of drug-likeness (QED) is 0.770. The highest BCUT2D eigenvalue weighted by Gasteiger charge is 2.34. The third-order valence-corrected chi connectivity index (χ3v) is 4.15. The van der Waals surface area contributed by atoms with Crippen LogP contribution < -0.4 is 20.7 Å². The van der Waals surface area contributed by atoms with Gasteiger partial charge in [-0.2, -0.15) is 0 Å². The molecular formula is C19H17F2N3O3. The van der Waals surface area contributed by atoms with E-state index < -0.39 is 35.2 Å². The number of hydrogen-bond donors (Lipinski definition) is 3. The van der Waals surface area contributed by atoms with Crippen LogP contribution in [0.25, 0.3) is 0 Å². The highest BCUT2D eigenvalue weighted by molar-refractivity contribution is 6.06. The minimum absolute atomic E-state index is 0.00872. The largest absolute Gasteiger partial charge is 0.497 e. The molecule has 0 unspecified atom stereocenters. The van der Waals surface area contributed by atoms with Gasteiger partial charge in [0.15, 0.2) is 0 Å². The fourth-order valence-corrected chi connectivity index (χ4v) is 2.87. The summed E-state index contributed by atoms with van der Waals surface area (Å²) >= 11 is 0. The fourth-order valence-electron chi connectivity index (χ4n) is 2.87. The lowest BCUT2D eigenvalue weighted by Gasteiger charge is -2.29. The number of anilines is 1. The van der Waals surface area contributed by atoms with Gasteiger partial charge in [-0.3, -0.25) is 4.79 Å². The minimum atomic E-state index is -1.27. The lowest BCUT2D eigenvalue weighted by atomic mass is 9.94. The molecule has 2 aromatic carbocycles. The van der Waals surface area contributed by atoms with Gasteiger partial charge in [0.25, 0.3) is 5.91 Å². The second-order valence-corrected chi connectivity index (χ2v) is 5.89. The van der Waals surface area contributed by atoms with Gasteiger partial charge in [-0.25, -0.2) is 13.6 Å². The van der Waals surface area contributed by atoms with E-state index in [-0.39, 0.29) is 11.3 Å². The molecule has 0 spiro atoms. The molecule has 0 fully saturated rings. The Labute approximate surface area is 154 Å². The van der Waals surface area contributed by atoms with Gasteiger partial charge < -0.3 is 20.7 Å². The van der Waals surface area contributed by atoms with Gasteiger partial charge in [-0.05, 0) is 43.3 Å². The second kappa shape index (κ2) is 7.45. The summed E-state index contributed by atoms with van der Waals surface area (Å²) in [5.74, 6) is -1.70. The van der Waals surface area contributed by atoms with Crippen LogP contribution in [-0.4, -0.2) is 19.0 Å². The number of carbonyl (C=O) groups is 2. The number of ether oxygens (including phenoxy) is 1. The maximum Gasteiger partial charge on any atom is 0.319 e. The molecule has 0 saturated heterocycles. The van der Waals surface area contributed by atoms with E-state index in [2.05, 4.69) is 16.0 Å². The molecule has 6 nitrogen and oxygen atoms in total. The lowest BCUT2D eigenvalue weighted by molar-refractivity contribution is -0.113. The Hall–Kier alpha value is -3.42. The first-order chi connectivity index (χ1) is 12.9. The monoisotopic (exact) mass is 373 g/mol. The van der Waals surface area contributed by atoms with Gasteiger partial charge in [-0.15, -0.1) is 0 Å². The van der Waals surface area contributed by atoms with Crippen LogP contribution in [0.5, 0.6) is 5.75 Å². The van der Waals surface area contributed by atoms with Crippen LogP contribution in [0.2, 0.25) is 0 Å². The van der Waals surface area contributed by atoms with Crippen LogP contribution in [0.4, 0.5) is 19.3 Å². The van der Waals surface area contributed by atoms with E-state index in [0.29, 0.717) is 11.4 Å². The molecule has 3 amide bonds. The van der Waals surface area contributed by atoms with Crippen molar-refractivity contribution in [3.63, 3.8) is 0 Å². The third kappa shape index (κ3) is 3.74. The van der Waals surface area contributed by atoms with Crippen LogP contribution in [0.1, 0.15) is 18.5 Å². The Morgan fingerprint density at radius 3 is 2.33 bits per heavy atom. The topological polar surface area (TPSA) is 79.5 Å². The van der Waals surface area contributed by atoms with E-state index in [9.17, 15) is 18.4 Å². The molecule has 1 aliphatic heterocycles. The molecule has 1 aliphatic rings. The van der Waals surface area contributed by atoms with Gasteiger partial charge in [0.2, 0.25) is 0 Å². The van der Waals surface area contributed by atoms with Gasteiger partial charge >= 0.3 is 6.03 Å². The Kier molecular flexibility index (Phi) is 5.07. The molecule has 140 valence electrons. The first kappa shape index (κ1) is 18.4. The normalized spacial score (nSPS) is 16.4. The van der Waals surface area contributed by atoms with Crippen molar-refractivity contribution in [3.8, 4) is 5.75 Å². The number of urea groups is 1. The predicted molar refractivity (Wildman–Crippen MR) is 95.1 cm³/mol. The van der Waals surface area contributed by atoms with E-state index in [4.69, 9.17) is 4.74 Å². The first-order valence-corrected chi connectivity index (χ1v) is 8.08. The third-order valence-electron chi connectivity index (χ3n) is 4.15. The molecule has 0 aliphatic carbocycles. The average molecular weight is 373 g/mol. The summed E-state index contributed by atoms with van der Waals surface area (Å²) in [7, 11) is 1.52. The number of halogens is 2. The number of amides is 3. The molecule has 8 heteroatoms. The Balaban J connectivity index is 1.97. The molecular weight excluding hydrogens is 356 g/mol. The minimum Gasteiger partial charge on any atom is -0.497 e. The zero-order valence-corrected chi connectivity index (χ0v) is 14.6. The van der Waals surface area contributed by atoms with Crippen molar-refractivity contribution >= 4 is 17.6 Å². The van der Waals surface area contributed by atoms with Crippen LogP contribution in [-0.2, 0) is 4.79 Å². The molecule has 2 aromatic rings. The molecule has 3 rings (SSSR count). The summed E-state index contributed by atoms with van der Waals surface area (Å²) in [5, 5.41) is 7.53. The number of methoxy groups -OCH3 is 1. The van der Waals surface area contributed by atoms with Crippen molar-refractivity contribution < 1.29 is 23.1 Å². The summed E-state index contributed by atoms with van der Waals surface area (Å²) in [6.07, 6.45) is 0. The zero-order valence-electron chi connectivity index (χ0n) is 14.6. The fraction of sp³-hybridized carbons (Fsp3) is 0.158. The number of benzene rings is 2. The molecule has 27 heavy (non-hydrogen) atoms. The van der Waals surface area contributed by atoms with E-state index in [1.807, 2.05) is 0 Å². The molecule has 0 aromatic heterocycles. The number of rotatable bonds is 4. The molecule has 0 saturated carbocycles. The Morgan fingerprint density at radius 2 is 1.74 bits per heavy atom. The highest BCUT2D eigenvalue weighted by Crippen LogP contribution is 2.31. The van der Waals surface area contributed by atoms with Crippen molar-refractivity contribution in [1.29, 1.82) is 0 Å². The molecule has 1 heterocycles. The number of nitrogens with one attached hydrogen (secondary N) is 3. The average Bonchev–Trinajstić information content (AvgIpc) is 2.61. The van der Waals surface area contributed by atoms with Gasteiger partial charge in [0, 0.05) is 11.4 Å². The van der Waals surface area contributed by atoms with Crippen molar-refractivity contribution in [3.05, 3.63) is 70.9 Å².